The van der Waals surface area contributed by atoms with Gasteiger partial charge in [0.25, 0.3) is 0 Å². The Morgan fingerprint density at radius 2 is 2.30 bits per heavy atom. The van der Waals surface area contributed by atoms with E-state index in [1.165, 1.54) is 6.20 Å². The normalized spacial score (nSPS) is 12.0. The Hall–Kier alpha value is -0.0300. The van der Waals surface area contributed by atoms with Gasteiger partial charge in [-0.05, 0) is 22.9 Å². The number of nitrogens with zero attached hydrogens (tertiary/aromatic N) is 1. The van der Waals surface area contributed by atoms with Crippen LogP contribution in [0.3, 0.4) is 0 Å². The van der Waals surface area contributed by atoms with Gasteiger partial charge in [-0.25, -0.2) is 4.98 Å². The van der Waals surface area contributed by atoms with Gasteiger partial charge in [-0.3, -0.25) is 0 Å². The van der Waals surface area contributed by atoms with Crippen molar-refractivity contribution >= 4 is 27.3 Å². The third-order valence-corrected chi connectivity index (χ3v) is 2.57. The van der Waals surface area contributed by atoms with Gasteiger partial charge in [0.05, 0.1) is 5.01 Å². The molecule has 0 saturated carbocycles. The summed E-state index contributed by atoms with van der Waals surface area (Å²) in [5.41, 5.74) is 0. The summed E-state index contributed by atoms with van der Waals surface area (Å²) in [6.45, 7) is 1.69. The lowest BCUT2D eigenvalue weighted by Crippen LogP contribution is -1.97. The lowest BCUT2D eigenvalue weighted by molar-refractivity contribution is 0.118. The molecule has 0 radical (unpaired) electrons. The maximum atomic E-state index is 12.4. The molecule has 0 atom stereocenters. The van der Waals surface area contributed by atoms with E-state index in [4.69, 9.17) is 0 Å². The molecule has 10 heavy (non-hydrogen) atoms. The van der Waals surface area contributed by atoms with Crippen LogP contribution in [-0.2, 0) is 4.83 Å². The van der Waals surface area contributed by atoms with Gasteiger partial charge in [0.1, 0.15) is 4.88 Å². The molecule has 56 valence electrons. The molecule has 0 aromatic carbocycles. The molecule has 0 bridgehead atoms. The first kappa shape index (κ1) is 8.07. The number of aryl methyl sites for hydroxylation is 1. The Morgan fingerprint density at radius 1 is 1.70 bits per heavy atom. The fourth-order valence-corrected chi connectivity index (χ4v) is 1.48. The lowest BCUT2D eigenvalue weighted by atomic mass is 10.6. The summed E-state index contributed by atoms with van der Waals surface area (Å²) in [5.74, 6) is 0. The third-order valence-electron chi connectivity index (χ3n) is 0.901. The fourth-order valence-electron chi connectivity index (χ4n) is 0.492. The molecule has 0 aliphatic heterocycles. The zero-order chi connectivity index (χ0) is 7.78. The van der Waals surface area contributed by atoms with Gasteiger partial charge in [0.15, 0.2) is 0 Å². The van der Waals surface area contributed by atoms with Crippen molar-refractivity contribution in [2.45, 2.75) is 11.8 Å². The molecule has 1 rings (SSSR count). The number of halogens is 3. The summed E-state index contributed by atoms with van der Waals surface area (Å²) in [6.07, 6.45) is 1.18. The standard InChI is InChI=1S/C5H4BrF2NS/c1-3-9-2-4(10-3)5(6,7)8/h2H,1H3. The summed E-state index contributed by atoms with van der Waals surface area (Å²) >= 11 is 3.22. The molecule has 0 aliphatic carbocycles. The molecule has 0 amide bonds. The lowest BCUT2D eigenvalue weighted by Gasteiger charge is -2.01. The topological polar surface area (TPSA) is 12.9 Å². The van der Waals surface area contributed by atoms with Crippen molar-refractivity contribution in [2.75, 3.05) is 0 Å². The molecule has 5 heteroatoms. The van der Waals surface area contributed by atoms with Crippen molar-refractivity contribution in [3.63, 3.8) is 0 Å². The van der Waals surface area contributed by atoms with E-state index in [-0.39, 0.29) is 4.88 Å². The Morgan fingerprint density at radius 3 is 2.50 bits per heavy atom. The molecule has 1 nitrogen and oxygen atoms in total. The van der Waals surface area contributed by atoms with Crippen LogP contribution in [0.4, 0.5) is 8.78 Å². The SMILES string of the molecule is Cc1ncc(C(F)(F)Br)s1. The molecule has 0 N–H and O–H groups in total. The molecule has 0 saturated heterocycles. The average molecular weight is 228 g/mol. The highest BCUT2D eigenvalue weighted by atomic mass is 79.9. The molecule has 1 aromatic heterocycles. The van der Waals surface area contributed by atoms with Crippen molar-refractivity contribution in [3.05, 3.63) is 16.1 Å². The smallest absolute Gasteiger partial charge is 0.249 e. The van der Waals surface area contributed by atoms with Crippen LogP contribution in [-0.4, -0.2) is 4.98 Å². The average Bonchev–Trinajstić information content (AvgIpc) is 2.11. The van der Waals surface area contributed by atoms with E-state index in [1.807, 2.05) is 0 Å². The van der Waals surface area contributed by atoms with Crippen molar-refractivity contribution < 1.29 is 8.78 Å². The summed E-state index contributed by atoms with van der Waals surface area (Å²) < 4.78 is 24.7. The van der Waals surface area contributed by atoms with Crippen molar-refractivity contribution in [2.24, 2.45) is 0 Å². The van der Waals surface area contributed by atoms with E-state index < -0.39 is 4.83 Å². The molecule has 1 heterocycles. The number of alkyl halides is 3. The van der Waals surface area contributed by atoms with Crippen LogP contribution >= 0.6 is 27.3 Å². The predicted molar refractivity (Wildman–Crippen MR) is 39.7 cm³/mol. The summed E-state index contributed by atoms with van der Waals surface area (Å²) in [4.78, 5) is 0.723. The largest absolute Gasteiger partial charge is 0.337 e. The van der Waals surface area contributed by atoms with Gasteiger partial charge in [0.2, 0.25) is 0 Å². The minimum absolute atomic E-state index is 0.0509. The van der Waals surface area contributed by atoms with E-state index in [9.17, 15) is 8.78 Å². The first-order valence-electron chi connectivity index (χ1n) is 2.50. The number of thiazole rings is 1. The number of aromatic nitrogens is 1. The van der Waals surface area contributed by atoms with Crippen molar-refractivity contribution in [1.29, 1.82) is 0 Å². The third kappa shape index (κ3) is 1.73. The van der Waals surface area contributed by atoms with E-state index in [0.29, 0.717) is 5.01 Å². The van der Waals surface area contributed by atoms with Gasteiger partial charge >= 0.3 is 4.83 Å². The van der Waals surface area contributed by atoms with Gasteiger partial charge in [0, 0.05) is 6.20 Å². The molecule has 0 fully saturated rings. The summed E-state index contributed by atoms with van der Waals surface area (Å²) in [6, 6.07) is 0. The molecule has 0 unspecified atom stereocenters. The second kappa shape index (κ2) is 2.54. The summed E-state index contributed by atoms with van der Waals surface area (Å²) in [7, 11) is 0. The van der Waals surface area contributed by atoms with E-state index >= 15 is 0 Å². The van der Waals surface area contributed by atoms with Gasteiger partial charge < -0.3 is 0 Å². The van der Waals surface area contributed by atoms with Crippen LogP contribution in [0.25, 0.3) is 0 Å². The minimum Gasteiger partial charge on any atom is -0.249 e. The quantitative estimate of drug-likeness (QED) is 0.673. The number of hydrogen-bond acceptors (Lipinski definition) is 2. The second-order valence-electron chi connectivity index (χ2n) is 1.74. The van der Waals surface area contributed by atoms with E-state index in [2.05, 4.69) is 20.9 Å². The first-order valence-corrected chi connectivity index (χ1v) is 4.11. The predicted octanol–water partition coefficient (Wildman–Crippen LogP) is 2.90. The van der Waals surface area contributed by atoms with E-state index in [0.717, 1.165) is 11.3 Å². The highest BCUT2D eigenvalue weighted by molar-refractivity contribution is 9.09. The zero-order valence-corrected chi connectivity index (χ0v) is 7.47. The monoisotopic (exact) mass is 227 g/mol. The van der Waals surface area contributed by atoms with Gasteiger partial charge in [-0.1, -0.05) is 0 Å². The second-order valence-corrected chi connectivity index (χ2v) is 3.97. The van der Waals surface area contributed by atoms with Crippen LogP contribution in [0.5, 0.6) is 0 Å². The Balaban J connectivity index is 2.96. The van der Waals surface area contributed by atoms with Crippen LogP contribution < -0.4 is 0 Å². The molecular formula is C5H4BrF2NS. The highest BCUT2D eigenvalue weighted by Crippen LogP contribution is 2.37. The molecule has 0 aliphatic rings. The highest BCUT2D eigenvalue weighted by Gasteiger charge is 2.29. The van der Waals surface area contributed by atoms with Crippen LogP contribution in [0, 0.1) is 6.92 Å². The minimum atomic E-state index is -2.92. The maximum Gasteiger partial charge on any atom is 0.337 e. The maximum absolute atomic E-state index is 12.4. The number of hydrogen-bond donors (Lipinski definition) is 0. The molecule has 0 spiro atoms. The Bertz CT molecular complexity index is 230. The first-order chi connectivity index (χ1) is 4.50. The van der Waals surface area contributed by atoms with Gasteiger partial charge in [-0.15, -0.1) is 11.3 Å². The van der Waals surface area contributed by atoms with Crippen LogP contribution in [0.2, 0.25) is 0 Å². The Kier molecular flexibility index (Phi) is 2.05. The van der Waals surface area contributed by atoms with Crippen LogP contribution in [0.1, 0.15) is 9.88 Å². The summed E-state index contributed by atoms with van der Waals surface area (Å²) in [5, 5.41) is 0.647. The van der Waals surface area contributed by atoms with Gasteiger partial charge in [-0.2, -0.15) is 8.78 Å². The van der Waals surface area contributed by atoms with Crippen molar-refractivity contribution in [1.82, 2.24) is 4.98 Å². The zero-order valence-electron chi connectivity index (χ0n) is 5.07. The molecule has 1 aromatic rings. The number of rotatable bonds is 1. The van der Waals surface area contributed by atoms with Crippen molar-refractivity contribution in [3.8, 4) is 0 Å². The Labute approximate surface area is 69.2 Å². The van der Waals surface area contributed by atoms with E-state index in [1.54, 1.807) is 6.92 Å². The van der Waals surface area contributed by atoms with Crippen LogP contribution in [0.15, 0.2) is 6.20 Å². The molecular weight excluding hydrogens is 224 g/mol. The fraction of sp³-hybridized carbons (Fsp3) is 0.400.